The van der Waals surface area contributed by atoms with E-state index in [4.69, 9.17) is 0 Å². The van der Waals surface area contributed by atoms with Crippen LogP contribution in [0.25, 0.3) is 0 Å². The molecular weight excluding hydrogens is 777 g/mol. The van der Waals surface area contributed by atoms with Crippen molar-refractivity contribution in [3.8, 4) is 0 Å². The molecule has 0 radical (unpaired) electrons. The van der Waals surface area contributed by atoms with E-state index in [1.54, 1.807) is 6.92 Å². The van der Waals surface area contributed by atoms with Gasteiger partial charge >= 0.3 is 0 Å². The molecule has 4 unspecified atom stereocenters. The standard InChI is InChI=1S/C49H96N2O6S2/c1-6-10-14-18-22-26-30-44(52)39-50(40-45(53)31-27-23-19-15-11-7-2)34-36-58-48(56)38-43(5)49(57)59-37-35-51(41-46(54)32-28-24-20-16-12-8-3)42-47(55)33-29-25-21-17-13-9-4/h38,44-47,52-55H,6-37,39-42H2,1-5H3/b43-38-. The molecule has 0 spiro atoms. The molecule has 4 N–H and O–H groups in total. The Kier molecular flexibility index (Phi) is 42.5. The quantitative estimate of drug-likeness (QED) is 0.0348. The Morgan fingerprint density at radius 1 is 0.441 bits per heavy atom. The van der Waals surface area contributed by atoms with Gasteiger partial charge < -0.3 is 20.4 Å². The Morgan fingerprint density at radius 3 is 1.02 bits per heavy atom. The molecule has 0 aromatic carbocycles. The summed E-state index contributed by atoms with van der Waals surface area (Å²) in [5.74, 6) is 1.05. The number of hydrogen-bond acceptors (Lipinski definition) is 10. The number of thioether (sulfide) groups is 2. The average molecular weight is 873 g/mol. The number of unbranched alkanes of at least 4 members (excludes halogenated alkanes) is 20. The lowest BCUT2D eigenvalue weighted by Gasteiger charge is -2.27. The minimum Gasteiger partial charge on any atom is -0.392 e. The summed E-state index contributed by atoms with van der Waals surface area (Å²) in [6, 6.07) is 0. The van der Waals surface area contributed by atoms with Crippen molar-refractivity contribution >= 4 is 33.8 Å². The van der Waals surface area contributed by atoms with Crippen LogP contribution in [0.2, 0.25) is 0 Å². The molecule has 0 aliphatic heterocycles. The van der Waals surface area contributed by atoms with Crippen LogP contribution in [0.15, 0.2) is 11.6 Å². The third-order valence-electron chi connectivity index (χ3n) is 11.4. The number of carbonyl (C=O) groups excluding carboxylic acids is 2. The van der Waals surface area contributed by atoms with E-state index >= 15 is 0 Å². The predicted octanol–water partition coefficient (Wildman–Crippen LogP) is 11.5. The van der Waals surface area contributed by atoms with Gasteiger partial charge in [-0.05, 0) is 38.7 Å². The van der Waals surface area contributed by atoms with Gasteiger partial charge in [-0.25, -0.2) is 0 Å². The molecule has 0 amide bonds. The van der Waals surface area contributed by atoms with Crippen molar-refractivity contribution < 1.29 is 30.0 Å². The average Bonchev–Trinajstić information content (AvgIpc) is 3.19. The van der Waals surface area contributed by atoms with Gasteiger partial charge in [-0.2, -0.15) is 0 Å². The molecule has 350 valence electrons. The highest BCUT2D eigenvalue weighted by Crippen LogP contribution is 2.18. The van der Waals surface area contributed by atoms with Crippen LogP contribution in [-0.4, -0.2) is 116 Å². The highest BCUT2D eigenvalue weighted by Gasteiger charge is 2.19. The van der Waals surface area contributed by atoms with Gasteiger partial charge in [-0.15, -0.1) is 0 Å². The fraction of sp³-hybridized carbons (Fsp3) is 0.918. The van der Waals surface area contributed by atoms with Gasteiger partial charge in [0.15, 0.2) is 0 Å². The van der Waals surface area contributed by atoms with Crippen LogP contribution in [0, 0.1) is 0 Å². The molecule has 0 saturated carbocycles. The first-order chi connectivity index (χ1) is 28.6. The zero-order chi connectivity index (χ0) is 43.8. The summed E-state index contributed by atoms with van der Waals surface area (Å²) in [5.41, 5.74) is 0.422. The van der Waals surface area contributed by atoms with E-state index in [2.05, 4.69) is 37.5 Å². The van der Waals surface area contributed by atoms with Gasteiger partial charge in [0.1, 0.15) is 0 Å². The van der Waals surface area contributed by atoms with Crippen molar-refractivity contribution in [3.05, 3.63) is 11.6 Å². The second-order valence-electron chi connectivity index (χ2n) is 17.5. The monoisotopic (exact) mass is 873 g/mol. The lowest BCUT2D eigenvalue weighted by atomic mass is 10.1. The van der Waals surface area contributed by atoms with Gasteiger partial charge in [0.25, 0.3) is 0 Å². The van der Waals surface area contributed by atoms with Crippen molar-refractivity contribution in [2.45, 2.75) is 239 Å². The second kappa shape index (κ2) is 42.8. The summed E-state index contributed by atoms with van der Waals surface area (Å²) < 4.78 is 0. The van der Waals surface area contributed by atoms with Crippen LogP contribution in [-0.2, 0) is 9.59 Å². The predicted molar refractivity (Wildman–Crippen MR) is 258 cm³/mol. The lowest BCUT2D eigenvalue weighted by Crippen LogP contribution is -2.39. The minimum absolute atomic E-state index is 0.128. The van der Waals surface area contributed by atoms with Crippen molar-refractivity contribution in [1.29, 1.82) is 0 Å². The first-order valence-electron chi connectivity index (χ1n) is 24.7. The Labute approximate surface area is 373 Å². The zero-order valence-electron chi connectivity index (χ0n) is 39.2. The molecule has 0 aromatic heterocycles. The van der Waals surface area contributed by atoms with Gasteiger partial charge in [0.2, 0.25) is 10.2 Å². The largest absolute Gasteiger partial charge is 0.392 e. The topological polar surface area (TPSA) is 122 Å². The maximum Gasteiger partial charge on any atom is 0.215 e. The maximum absolute atomic E-state index is 13.1. The molecule has 0 rings (SSSR count). The first kappa shape index (κ1) is 58.5. The smallest absolute Gasteiger partial charge is 0.215 e. The third kappa shape index (κ3) is 38.9. The molecule has 0 aliphatic rings. The van der Waals surface area contributed by atoms with Crippen LogP contribution >= 0.6 is 23.5 Å². The van der Waals surface area contributed by atoms with Crippen molar-refractivity contribution in [2.75, 3.05) is 50.8 Å². The minimum atomic E-state index is -0.456. The summed E-state index contributed by atoms with van der Waals surface area (Å²) >= 11 is 2.38. The molecule has 4 atom stereocenters. The van der Waals surface area contributed by atoms with Crippen LogP contribution < -0.4 is 0 Å². The highest BCUT2D eigenvalue weighted by molar-refractivity contribution is 8.14. The number of rotatable bonds is 44. The van der Waals surface area contributed by atoms with Crippen molar-refractivity contribution in [1.82, 2.24) is 9.80 Å². The molecule has 0 aliphatic carbocycles. The summed E-state index contributed by atoms with van der Waals surface area (Å²) in [5, 5.41) is 43.2. The van der Waals surface area contributed by atoms with E-state index in [1.807, 2.05) is 0 Å². The Morgan fingerprint density at radius 2 is 0.712 bits per heavy atom. The molecule has 0 aromatic rings. The molecule has 0 fully saturated rings. The van der Waals surface area contributed by atoms with Gasteiger partial charge in [-0.3, -0.25) is 19.4 Å². The Balaban J connectivity index is 5.07. The second-order valence-corrected chi connectivity index (χ2v) is 19.7. The molecule has 8 nitrogen and oxygen atoms in total. The molecule has 59 heavy (non-hydrogen) atoms. The first-order valence-corrected chi connectivity index (χ1v) is 26.7. The van der Waals surface area contributed by atoms with E-state index in [0.29, 0.717) is 56.3 Å². The van der Waals surface area contributed by atoms with E-state index in [-0.39, 0.29) is 10.2 Å². The molecular formula is C49H96N2O6S2. The van der Waals surface area contributed by atoms with Crippen molar-refractivity contribution in [2.24, 2.45) is 0 Å². The van der Waals surface area contributed by atoms with Gasteiger partial charge in [-0.1, -0.05) is 205 Å². The summed E-state index contributed by atoms with van der Waals surface area (Å²) in [6.45, 7) is 13.7. The normalized spacial score (nSPS) is 14.3. The number of aliphatic hydroxyl groups excluding tert-OH is 4. The van der Waals surface area contributed by atoms with Crippen LogP contribution in [0.1, 0.15) is 214 Å². The summed E-state index contributed by atoms with van der Waals surface area (Å²) in [6.07, 6.45) is 30.9. The number of hydrogen-bond donors (Lipinski definition) is 4. The number of aliphatic hydroxyl groups is 4. The van der Waals surface area contributed by atoms with Gasteiger partial charge in [0.05, 0.1) is 24.4 Å². The van der Waals surface area contributed by atoms with E-state index in [9.17, 15) is 30.0 Å². The molecule has 0 bridgehead atoms. The zero-order valence-corrected chi connectivity index (χ0v) is 40.8. The van der Waals surface area contributed by atoms with Gasteiger partial charge in [0, 0.05) is 56.3 Å². The Hall–Kier alpha value is -0.460. The number of carbonyl (C=O) groups is 2. The fourth-order valence-corrected chi connectivity index (χ4v) is 9.28. The number of nitrogens with zero attached hydrogens (tertiary/aromatic N) is 2. The van der Waals surface area contributed by atoms with E-state index in [0.717, 1.165) is 77.0 Å². The fourth-order valence-electron chi connectivity index (χ4n) is 7.65. The summed E-state index contributed by atoms with van der Waals surface area (Å²) in [4.78, 5) is 30.3. The summed E-state index contributed by atoms with van der Waals surface area (Å²) in [7, 11) is 0. The Bertz CT molecular complexity index is 940. The maximum atomic E-state index is 13.1. The molecule has 0 heterocycles. The van der Waals surface area contributed by atoms with E-state index in [1.165, 1.54) is 132 Å². The highest BCUT2D eigenvalue weighted by atomic mass is 32.2. The van der Waals surface area contributed by atoms with Crippen molar-refractivity contribution in [3.63, 3.8) is 0 Å². The van der Waals surface area contributed by atoms with Crippen LogP contribution in [0.5, 0.6) is 0 Å². The lowest BCUT2D eigenvalue weighted by molar-refractivity contribution is -0.109. The van der Waals surface area contributed by atoms with Crippen LogP contribution in [0.4, 0.5) is 0 Å². The van der Waals surface area contributed by atoms with E-state index < -0.39 is 24.4 Å². The molecule has 10 heteroatoms. The van der Waals surface area contributed by atoms with Crippen LogP contribution in [0.3, 0.4) is 0 Å². The SMILES string of the molecule is CCCCCCCCC(O)CN(CCSC(=O)/C=C(/C)C(=O)SCCN(CC(O)CCCCCCCC)CC(O)CCCCCCCC)CC(O)CCCCCCCC. The molecule has 0 saturated heterocycles. The third-order valence-corrected chi connectivity index (χ3v) is 13.1.